The normalized spacial score (nSPS) is 13.0. The number of pyridine rings is 1. The molecule has 7 nitrogen and oxygen atoms in total. The summed E-state index contributed by atoms with van der Waals surface area (Å²) < 4.78 is 14.9. The van der Waals surface area contributed by atoms with Gasteiger partial charge in [-0.25, -0.2) is 14.4 Å². The van der Waals surface area contributed by atoms with E-state index in [0.717, 1.165) is 0 Å². The molecule has 1 aliphatic rings. The van der Waals surface area contributed by atoms with E-state index in [4.69, 9.17) is 11.6 Å². The Morgan fingerprint density at radius 2 is 2.00 bits per heavy atom. The molecule has 0 fully saturated rings. The molecule has 1 N–H and O–H groups in total. The van der Waals surface area contributed by atoms with Gasteiger partial charge in [0.05, 0.1) is 16.3 Å². The van der Waals surface area contributed by atoms with Crippen LogP contribution in [0.4, 0.5) is 4.39 Å². The molecule has 2 aromatic heterocycles. The molecule has 4 rings (SSSR count). The predicted molar refractivity (Wildman–Crippen MR) is 107 cm³/mol. The average molecular weight is 437 g/mol. The van der Waals surface area contributed by atoms with Crippen LogP contribution in [0, 0.1) is 5.82 Å². The summed E-state index contributed by atoms with van der Waals surface area (Å²) in [6, 6.07) is 5.77. The number of rotatable bonds is 3. The Morgan fingerprint density at radius 1 is 1.21 bits per heavy atom. The number of amides is 1. The third kappa shape index (κ3) is 3.81. The number of benzene rings is 1. The van der Waals surface area contributed by atoms with Gasteiger partial charge in [-0.05, 0) is 23.8 Å². The lowest BCUT2D eigenvalue weighted by atomic mass is 10.1. The van der Waals surface area contributed by atoms with Gasteiger partial charge in [-0.2, -0.15) is 0 Å². The quantitative estimate of drug-likeness (QED) is 0.681. The second kappa shape index (κ2) is 8.18. The van der Waals surface area contributed by atoms with E-state index in [-0.39, 0.29) is 35.2 Å². The maximum absolute atomic E-state index is 13.3. The first-order valence-corrected chi connectivity index (χ1v) is 8.79. The van der Waals surface area contributed by atoms with Gasteiger partial charge in [-0.3, -0.25) is 9.59 Å². The lowest BCUT2D eigenvalue weighted by molar-refractivity contribution is 0.0683. The van der Waals surface area contributed by atoms with Gasteiger partial charge in [-0.15, -0.1) is 12.4 Å². The molecule has 1 aliphatic heterocycles. The summed E-state index contributed by atoms with van der Waals surface area (Å²) in [6.45, 7) is 0.911. The van der Waals surface area contributed by atoms with E-state index in [1.165, 1.54) is 41.8 Å². The van der Waals surface area contributed by atoms with E-state index in [1.54, 1.807) is 10.6 Å². The highest BCUT2D eigenvalue weighted by Gasteiger charge is 2.30. The lowest BCUT2D eigenvalue weighted by Crippen LogP contribution is -2.41. The number of hydrogen-bond acceptors (Lipinski definition) is 5. The Kier molecular flexibility index (Phi) is 5.86. The Balaban J connectivity index is 0.00000240. The SMILES string of the molecule is Cl.O=C1c2c(O)c(=O)c(-c3ccncn3)cn2CCN1Cc1ccc(F)c(Cl)c1. The first-order valence-electron chi connectivity index (χ1n) is 8.41. The molecule has 3 heterocycles. The Bertz CT molecular complexity index is 1140. The van der Waals surface area contributed by atoms with Gasteiger partial charge >= 0.3 is 0 Å². The topological polar surface area (TPSA) is 88.3 Å². The highest BCUT2D eigenvalue weighted by atomic mass is 35.5. The first-order chi connectivity index (χ1) is 13.5. The van der Waals surface area contributed by atoms with Crippen LogP contribution < -0.4 is 5.43 Å². The minimum absolute atomic E-state index is 0. The summed E-state index contributed by atoms with van der Waals surface area (Å²) >= 11 is 5.80. The number of aromatic hydroxyl groups is 1. The molecule has 0 aliphatic carbocycles. The first kappa shape index (κ1) is 20.8. The molecule has 3 aromatic rings. The maximum Gasteiger partial charge on any atom is 0.274 e. The molecule has 0 saturated carbocycles. The predicted octanol–water partition coefficient (Wildman–Crippen LogP) is 2.88. The molecular weight excluding hydrogens is 422 g/mol. The molecule has 0 spiro atoms. The van der Waals surface area contributed by atoms with E-state index >= 15 is 0 Å². The summed E-state index contributed by atoms with van der Waals surface area (Å²) in [6.07, 6.45) is 4.31. The van der Waals surface area contributed by atoms with Crippen LogP contribution >= 0.6 is 24.0 Å². The van der Waals surface area contributed by atoms with Crippen LogP contribution in [0.15, 0.2) is 47.8 Å². The Labute approximate surface area is 175 Å². The number of halogens is 3. The summed E-state index contributed by atoms with van der Waals surface area (Å²) in [4.78, 5) is 34.8. The molecule has 0 saturated heterocycles. The molecule has 0 radical (unpaired) electrons. The van der Waals surface area contributed by atoms with Gasteiger partial charge in [0.2, 0.25) is 5.43 Å². The van der Waals surface area contributed by atoms with E-state index < -0.39 is 22.9 Å². The molecule has 1 amide bonds. The van der Waals surface area contributed by atoms with Crippen molar-refractivity contribution in [2.45, 2.75) is 13.1 Å². The van der Waals surface area contributed by atoms with Gasteiger partial charge in [0.1, 0.15) is 12.1 Å². The van der Waals surface area contributed by atoms with Gasteiger partial charge < -0.3 is 14.6 Å². The fourth-order valence-corrected chi connectivity index (χ4v) is 3.38. The van der Waals surface area contributed by atoms with Gasteiger partial charge in [-0.1, -0.05) is 17.7 Å². The third-order valence-electron chi connectivity index (χ3n) is 4.57. The molecule has 150 valence electrons. The number of fused-ring (bicyclic) bond motifs is 1. The largest absolute Gasteiger partial charge is 0.503 e. The van der Waals surface area contributed by atoms with Crippen molar-refractivity contribution in [2.24, 2.45) is 0 Å². The van der Waals surface area contributed by atoms with Crippen LogP contribution in [0.1, 0.15) is 16.1 Å². The zero-order chi connectivity index (χ0) is 19.8. The highest BCUT2D eigenvalue weighted by Crippen LogP contribution is 2.25. The Hall–Kier alpha value is -2.97. The molecule has 0 bridgehead atoms. The van der Waals surface area contributed by atoms with Crippen LogP contribution in [0.3, 0.4) is 0 Å². The fourth-order valence-electron chi connectivity index (χ4n) is 3.17. The van der Waals surface area contributed by atoms with Crippen LogP contribution in [-0.2, 0) is 13.1 Å². The van der Waals surface area contributed by atoms with Crippen molar-refractivity contribution in [2.75, 3.05) is 6.54 Å². The lowest BCUT2D eigenvalue weighted by Gasteiger charge is -2.30. The van der Waals surface area contributed by atoms with Crippen molar-refractivity contribution >= 4 is 29.9 Å². The smallest absolute Gasteiger partial charge is 0.274 e. The molecule has 10 heteroatoms. The minimum atomic E-state index is -0.676. The van der Waals surface area contributed by atoms with E-state index in [1.807, 2.05) is 0 Å². The monoisotopic (exact) mass is 436 g/mol. The standard InChI is InChI=1S/C19H14ClFN4O3.ClH/c20-13-7-11(1-2-14(13)21)8-25-6-5-24-9-12(15-3-4-22-10-23-15)17(26)18(27)16(24)19(25)28;/h1-4,7,9-10,27H,5-6,8H2;1H. The zero-order valence-electron chi connectivity index (χ0n) is 14.9. The second-order valence-electron chi connectivity index (χ2n) is 6.33. The number of aromatic nitrogens is 3. The number of carbonyl (C=O) groups excluding carboxylic acids is 1. The van der Waals surface area contributed by atoms with Gasteiger partial charge in [0.25, 0.3) is 5.91 Å². The number of nitrogens with zero attached hydrogens (tertiary/aromatic N) is 4. The summed E-state index contributed by atoms with van der Waals surface area (Å²) in [5, 5.41) is 10.4. The van der Waals surface area contributed by atoms with Gasteiger partial charge in [0, 0.05) is 32.0 Å². The fraction of sp³-hybridized carbons (Fsp3) is 0.158. The average Bonchev–Trinajstić information content (AvgIpc) is 2.70. The molecule has 0 atom stereocenters. The molecular formula is C19H15Cl2FN4O3. The highest BCUT2D eigenvalue weighted by molar-refractivity contribution is 6.30. The summed E-state index contributed by atoms with van der Waals surface area (Å²) in [5.74, 6) is -1.65. The van der Waals surface area contributed by atoms with E-state index in [0.29, 0.717) is 24.3 Å². The van der Waals surface area contributed by atoms with Crippen LogP contribution in [0.25, 0.3) is 11.3 Å². The third-order valence-corrected chi connectivity index (χ3v) is 4.86. The molecule has 29 heavy (non-hydrogen) atoms. The minimum Gasteiger partial charge on any atom is -0.503 e. The van der Waals surface area contributed by atoms with Crippen LogP contribution in [0.2, 0.25) is 5.02 Å². The molecule has 1 aromatic carbocycles. The Morgan fingerprint density at radius 3 is 2.69 bits per heavy atom. The van der Waals surface area contributed by atoms with Crippen molar-refractivity contribution in [1.82, 2.24) is 19.4 Å². The number of carbonyl (C=O) groups is 1. The van der Waals surface area contributed by atoms with Gasteiger partial charge in [0.15, 0.2) is 11.4 Å². The van der Waals surface area contributed by atoms with Crippen molar-refractivity contribution < 1.29 is 14.3 Å². The van der Waals surface area contributed by atoms with Crippen molar-refractivity contribution in [1.29, 1.82) is 0 Å². The summed E-state index contributed by atoms with van der Waals surface area (Å²) in [5.41, 5.74) is 0.441. The summed E-state index contributed by atoms with van der Waals surface area (Å²) in [7, 11) is 0. The van der Waals surface area contributed by atoms with Crippen molar-refractivity contribution in [3.63, 3.8) is 0 Å². The van der Waals surface area contributed by atoms with Crippen molar-refractivity contribution in [3.05, 3.63) is 75.3 Å². The zero-order valence-corrected chi connectivity index (χ0v) is 16.5. The maximum atomic E-state index is 13.3. The van der Waals surface area contributed by atoms with Crippen molar-refractivity contribution in [3.8, 4) is 17.0 Å². The van der Waals surface area contributed by atoms with E-state index in [9.17, 15) is 19.1 Å². The van der Waals surface area contributed by atoms with Crippen LogP contribution in [0.5, 0.6) is 5.75 Å². The number of hydrogen-bond donors (Lipinski definition) is 1. The molecule has 0 unspecified atom stereocenters. The second-order valence-corrected chi connectivity index (χ2v) is 6.74. The van der Waals surface area contributed by atoms with Crippen LogP contribution in [-0.4, -0.2) is 37.0 Å². The van der Waals surface area contributed by atoms with E-state index in [2.05, 4.69) is 9.97 Å².